The molecule has 0 radical (unpaired) electrons. The second-order valence-corrected chi connectivity index (χ2v) is 6.40. The fourth-order valence-corrected chi connectivity index (χ4v) is 2.68. The summed E-state index contributed by atoms with van der Waals surface area (Å²) in [5.74, 6) is -1.67. The van der Waals surface area contributed by atoms with E-state index in [2.05, 4.69) is 10.9 Å². The highest BCUT2D eigenvalue weighted by molar-refractivity contribution is 6.15. The maximum Gasteiger partial charge on any atom is 0.279 e. The number of hydrazine groups is 1. The first-order valence-corrected chi connectivity index (χ1v) is 9.17. The number of amides is 2. The molecule has 152 valence electrons. The van der Waals surface area contributed by atoms with Gasteiger partial charge in [-0.2, -0.15) is 0 Å². The molecule has 6 nitrogen and oxygen atoms in total. The monoisotopic (exact) mass is 406 g/mol. The lowest BCUT2D eigenvalue weighted by Crippen LogP contribution is -2.47. The lowest BCUT2D eigenvalue weighted by molar-refractivity contribution is -0.128. The van der Waals surface area contributed by atoms with E-state index in [0.29, 0.717) is 11.3 Å². The van der Waals surface area contributed by atoms with E-state index < -0.39 is 23.7 Å². The summed E-state index contributed by atoms with van der Waals surface area (Å²) in [4.78, 5) is 37.5. The van der Waals surface area contributed by atoms with Gasteiger partial charge in [-0.15, -0.1) is 0 Å². The van der Waals surface area contributed by atoms with Gasteiger partial charge >= 0.3 is 0 Å². The highest BCUT2D eigenvalue weighted by Crippen LogP contribution is 2.15. The number of nitrogens with one attached hydrogen (secondary N) is 2. The van der Waals surface area contributed by atoms with Gasteiger partial charge in [-0.1, -0.05) is 48.5 Å². The van der Waals surface area contributed by atoms with Crippen LogP contribution < -0.4 is 15.6 Å². The van der Waals surface area contributed by atoms with Crippen LogP contribution in [0, 0.1) is 5.82 Å². The molecule has 0 aliphatic heterocycles. The minimum atomic E-state index is -0.947. The molecule has 2 N–H and O–H groups in total. The molecule has 1 unspecified atom stereocenters. The number of ether oxygens (including phenoxy) is 1. The van der Waals surface area contributed by atoms with E-state index in [4.69, 9.17) is 4.74 Å². The summed E-state index contributed by atoms with van der Waals surface area (Å²) in [6.45, 7) is 1.48. The van der Waals surface area contributed by atoms with Crippen LogP contribution in [0.15, 0.2) is 78.9 Å². The molecule has 30 heavy (non-hydrogen) atoms. The van der Waals surface area contributed by atoms with Gasteiger partial charge in [0.25, 0.3) is 11.8 Å². The average Bonchev–Trinajstić information content (AvgIpc) is 2.78. The van der Waals surface area contributed by atoms with Crippen LogP contribution in [-0.4, -0.2) is 23.7 Å². The Morgan fingerprint density at radius 1 is 0.800 bits per heavy atom. The van der Waals surface area contributed by atoms with E-state index in [1.165, 1.54) is 37.3 Å². The van der Waals surface area contributed by atoms with E-state index in [1.807, 2.05) is 0 Å². The number of ketones is 1. The Labute approximate surface area is 172 Å². The molecular formula is C23H19FN2O4. The summed E-state index contributed by atoms with van der Waals surface area (Å²) in [5.41, 5.74) is 5.35. The first kappa shape index (κ1) is 20.7. The molecule has 0 fully saturated rings. The molecule has 0 aromatic heterocycles. The highest BCUT2D eigenvalue weighted by atomic mass is 19.1. The van der Waals surface area contributed by atoms with Gasteiger partial charge in [0, 0.05) is 11.1 Å². The predicted octanol–water partition coefficient (Wildman–Crippen LogP) is 3.29. The molecule has 0 saturated carbocycles. The van der Waals surface area contributed by atoms with Crippen LogP contribution in [0.3, 0.4) is 0 Å². The summed E-state index contributed by atoms with van der Waals surface area (Å²) in [7, 11) is 0. The van der Waals surface area contributed by atoms with Crippen molar-refractivity contribution < 1.29 is 23.5 Å². The fourth-order valence-electron chi connectivity index (χ4n) is 2.68. The van der Waals surface area contributed by atoms with Gasteiger partial charge in [0.15, 0.2) is 11.9 Å². The van der Waals surface area contributed by atoms with Crippen LogP contribution in [0.2, 0.25) is 0 Å². The number of halogens is 1. The van der Waals surface area contributed by atoms with Gasteiger partial charge < -0.3 is 4.74 Å². The number of benzene rings is 3. The van der Waals surface area contributed by atoms with Crippen molar-refractivity contribution in [2.45, 2.75) is 13.0 Å². The SMILES string of the molecule is CC(Oc1ccc(F)cc1)C(=O)NNC(=O)c1ccccc1C(=O)c1ccccc1. The molecule has 3 aromatic carbocycles. The smallest absolute Gasteiger partial charge is 0.279 e. The number of carbonyl (C=O) groups is 3. The van der Waals surface area contributed by atoms with Crippen molar-refractivity contribution in [2.75, 3.05) is 0 Å². The first-order valence-electron chi connectivity index (χ1n) is 9.17. The Hall–Kier alpha value is -4.00. The van der Waals surface area contributed by atoms with Gasteiger partial charge in [0.05, 0.1) is 5.56 Å². The van der Waals surface area contributed by atoms with E-state index in [1.54, 1.807) is 48.5 Å². The van der Waals surface area contributed by atoms with E-state index >= 15 is 0 Å². The van der Waals surface area contributed by atoms with Gasteiger partial charge in [0.1, 0.15) is 11.6 Å². The number of carbonyl (C=O) groups excluding carboxylic acids is 3. The zero-order valence-corrected chi connectivity index (χ0v) is 16.1. The number of hydrogen-bond acceptors (Lipinski definition) is 4. The summed E-state index contributed by atoms with van der Waals surface area (Å²) < 4.78 is 18.3. The predicted molar refractivity (Wildman–Crippen MR) is 108 cm³/mol. The summed E-state index contributed by atoms with van der Waals surface area (Å²) >= 11 is 0. The largest absolute Gasteiger partial charge is 0.481 e. The Bertz CT molecular complexity index is 1050. The third-order valence-electron chi connectivity index (χ3n) is 4.25. The van der Waals surface area contributed by atoms with Crippen LogP contribution in [0.1, 0.15) is 33.2 Å². The lowest BCUT2D eigenvalue weighted by Gasteiger charge is -2.15. The standard InChI is InChI=1S/C23H19FN2O4/c1-15(30-18-13-11-17(24)12-14-18)22(28)25-26-23(29)20-10-6-5-9-19(20)21(27)16-7-3-2-4-8-16/h2-15H,1H3,(H,25,28)(H,26,29). The molecule has 0 bridgehead atoms. The van der Waals surface area contributed by atoms with E-state index in [-0.39, 0.29) is 16.9 Å². The van der Waals surface area contributed by atoms with Gasteiger partial charge in [-0.05, 0) is 37.3 Å². The summed E-state index contributed by atoms with van der Waals surface area (Å²) in [6.07, 6.45) is -0.947. The Balaban J connectivity index is 1.64. The third-order valence-corrected chi connectivity index (χ3v) is 4.25. The molecule has 7 heteroatoms. The second kappa shape index (κ2) is 9.47. The maximum atomic E-state index is 12.9. The van der Waals surface area contributed by atoms with Crippen molar-refractivity contribution in [1.82, 2.24) is 10.9 Å². The quantitative estimate of drug-likeness (QED) is 0.486. The zero-order valence-electron chi connectivity index (χ0n) is 16.1. The molecule has 1 atom stereocenters. The van der Waals surface area contributed by atoms with Crippen molar-refractivity contribution in [2.24, 2.45) is 0 Å². The van der Waals surface area contributed by atoms with Crippen molar-refractivity contribution in [3.63, 3.8) is 0 Å². The van der Waals surface area contributed by atoms with Crippen molar-refractivity contribution >= 4 is 17.6 Å². The van der Waals surface area contributed by atoms with Crippen LogP contribution in [0.4, 0.5) is 4.39 Å². The van der Waals surface area contributed by atoms with Gasteiger partial charge in [0.2, 0.25) is 0 Å². The normalized spacial score (nSPS) is 11.3. The maximum absolute atomic E-state index is 12.9. The zero-order chi connectivity index (χ0) is 21.5. The van der Waals surface area contributed by atoms with Crippen LogP contribution in [0.5, 0.6) is 5.75 Å². The number of rotatable bonds is 6. The summed E-state index contributed by atoms with van der Waals surface area (Å²) in [5, 5.41) is 0. The van der Waals surface area contributed by atoms with E-state index in [0.717, 1.165) is 0 Å². The van der Waals surface area contributed by atoms with Crippen molar-refractivity contribution in [1.29, 1.82) is 0 Å². The molecule has 0 aliphatic carbocycles. The fraction of sp³-hybridized carbons (Fsp3) is 0.0870. The minimum Gasteiger partial charge on any atom is -0.481 e. The molecular weight excluding hydrogens is 387 g/mol. The van der Waals surface area contributed by atoms with Crippen LogP contribution >= 0.6 is 0 Å². The Morgan fingerprint density at radius 3 is 2.07 bits per heavy atom. The highest BCUT2D eigenvalue weighted by Gasteiger charge is 2.20. The second-order valence-electron chi connectivity index (χ2n) is 6.40. The Morgan fingerprint density at radius 2 is 1.40 bits per heavy atom. The third kappa shape index (κ3) is 5.08. The van der Waals surface area contributed by atoms with Crippen molar-refractivity contribution in [3.05, 3.63) is 101 Å². The molecule has 2 amide bonds. The number of hydrogen-bond donors (Lipinski definition) is 2. The van der Waals surface area contributed by atoms with E-state index in [9.17, 15) is 18.8 Å². The average molecular weight is 406 g/mol. The van der Waals surface area contributed by atoms with Gasteiger partial charge in [-0.25, -0.2) is 4.39 Å². The molecule has 0 heterocycles. The minimum absolute atomic E-state index is 0.124. The summed E-state index contributed by atoms with van der Waals surface area (Å²) in [6, 6.07) is 20.1. The molecule has 0 saturated heterocycles. The lowest BCUT2D eigenvalue weighted by atomic mass is 9.98. The van der Waals surface area contributed by atoms with Crippen LogP contribution in [0.25, 0.3) is 0 Å². The molecule has 0 aliphatic rings. The molecule has 0 spiro atoms. The Kier molecular flexibility index (Phi) is 6.54. The van der Waals surface area contributed by atoms with Gasteiger partial charge in [-0.3, -0.25) is 25.2 Å². The van der Waals surface area contributed by atoms with Crippen LogP contribution in [-0.2, 0) is 4.79 Å². The molecule has 3 rings (SSSR count). The van der Waals surface area contributed by atoms with Crippen molar-refractivity contribution in [3.8, 4) is 5.75 Å². The molecule has 3 aromatic rings. The first-order chi connectivity index (χ1) is 14.5. The topological polar surface area (TPSA) is 84.5 Å².